The van der Waals surface area contributed by atoms with Gasteiger partial charge in [-0.15, -0.1) is 10.2 Å². The van der Waals surface area contributed by atoms with E-state index in [2.05, 4.69) is 10.2 Å². The third-order valence-corrected chi connectivity index (χ3v) is 3.46. The predicted octanol–water partition coefficient (Wildman–Crippen LogP) is 2.32. The maximum absolute atomic E-state index is 11.5. The molecule has 2 aromatic rings. The maximum atomic E-state index is 11.5. The van der Waals surface area contributed by atoms with E-state index >= 15 is 0 Å². The molecule has 5 heteroatoms. The molecule has 0 radical (unpaired) electrons. The van der Waals surface area contributed by atoms with Crippen LogP contribution in [0, 0.1) is 0 Å². The van der Waals surface area contributed by atoms with Gasteiger partial charge in [-0.1, -0.05) is 42.1 Å². The van der Waals surface area contributed by atoms with Crippen molar-refractivity contribution in [3.63, 3.8) is 0 Å². The SMILES string of the molecule is CN(C)C(=O)CSc1ccc(-c2ccccc2)nn1. The summed E-state index contributed by atoms with van der Waals surface area (Å²) in [6.07, 6.45) is 0. The largest absolute Gasteiger partial charge is 0.348 e. The number of rotatable bonds is 4. The van der Waals surface area contributed by atoms with Gasteiger partial charge in [0.2, 0.25) is 5.91 Å². The van der Waals surface area contributed by atoms with Crippen LogP contribution in [0.25, 0.3) is 11.3 Å². The van der Waals surface area contributed by atoms with Gasteiger partial charge in [0.05, 0.1) is 11.4 Å². The zero-order valence-corrected chi connectivity index (χ0v) is 11.7. The molecule has 98 valence electrons. The molecule has 0 fully saturated rings. The van der Waals surface area contributed by atoms with E-state index in [9.17, 15) is 4.79 Å². The van der Waals surface area contributed by atoms with Crippen LogP contribution in [-0.4, -0.2) is 40.9 Å². The fourth-order valence-corrected chi connectivity index (χ4v) is 2.22. The minimum Gasteiger partial charge on any atom is -0.348 e. The van der Waals surface area contributed by atoms with Crippen LogP contribution in [0.2, 0.25) is 0 Å². The average molecular weight is 273 g/mol. The lowest BCUT2D eigenvalue weighted by atomic mass is 10.1. The van der Waals surface area contributed by atoms with Crippen LogP contribution in [0.15, 0.2) is 47.5 Å². The van der Waals surface area contributed by atoms with E-state index in [0.29, 0.717) is 5.75 Å². The van der Waals surface area contributed by atoms with Crippen molar-refractivity contribution in [2.24, 2.45) is 0 Å². The third-order valence-electron chi connectivity index (χ3n) is 2.55. The summed E-state index contributed by atoms with van der Waals surface area (Å²) < 4.78 is 0. The van der Waals surface area contributed by atoms with Gasteiger partial charge < -0.3 is 4.90 Å². The molecule has 0 bridgehead atoms. The summed E-state index contributed by atoms with van der Waals surface area (Å²) in [5.41, 5.74) is 1.87. The van der Waals surface area contributed by atoms with Gasteiger partial charge in [0.15, 0.2) is 0 Å². The normalized spacial score (nSPS) is 10.2. The monoisotopic (exact) mass is 273 g/mol. The Morgan fingerprint density at radius 3 is 2.42 bits per heavy atom. The minimum atomic E-state index is 0.0685. The fourth-order valence-electron chi connectivity index (χ4n) is 1.42. The maximum Gasteiger partial charge on any atom is 0.232 e. The van der Waals surface area contributed by atoms with Gasteiger partial charge in [0, 0.05) is 19.7 Å². The summed E-state index contributed by atoms with van der Waals surface area (Å²) >= 11 is 1.40. The molecule has 0 aliphatic heterocycles. The summed E-state index contributed by atoms with van der Waals surface area (Å²) in [4.78, 5) is 13.0. The molecule has 0 aliphatic carbocycles. The van der Waals surface area contributed by atoms with E-state index < -0.39 is 0 Å². The molecule has 1 heterocycles. The van der Waals surface area contributed by atoms with Crippen LogP contribution in [-0.2, 0) is 4.79 Å². The molecule has 2 rings (SSSR count). The highest BCUT2D eigenvalue weighted by atomic mass is 32.2. The van der Waals surface area contributed by atoms with Gasteiger partial charge in [0.25, 0.3) is 0 Å². The van der Waals surface area contributed by atoms with E-state index in [1.54, 1.807) is 19.0 Å². The number of hydrogen-bond acceptors (Lipinski definition) is 4. The number of amides is 1. The lowest BCUT2D eigenvalue weighted by molar-refractivity contribution is -0.125. The van der Waals surface area contributed by atoms with Gasteiger partial charge in [-0.2, -0.15) is 0 Å². The van der Waals surface area contributed by atoms with Gasteiger partial charge in [-0.25, -0.2) is 0 Å². The van der Waals surface area contributed by atoms with E-state index in [-0.39, 0.29) is 5.91 Å². The first kappa shape index (κ1) is 13.5. The zero-order chi connectivity index (χ0) is 13.7. The van der Waals surface area contributed by atoms with Crippen LogP contribution in [0.3, 0.4) is 0 Å². The first-order chi connectivity index (χ1) is 9.16. The van der Waals surface area contributed by atoms with E-state index in [4.69, 9.17) is 0 Å². The topological polar surface area (TPSA) is 46.1 Å². The Morgan fingerprint density at radius 2 is 1.84 bits per heavy atom. The minimum absolute atomic E-state index is 0.0685. The highest BCUT2D eigenvalue weighted by Crippen LogP contribution is 2.19. The summed E-state index contributed by atoms with van der Waals surface area (Å²) in [5.74, 6) is 0.450. The number of aromatic nitrogens is 2. The van der Waals surface area contributed by atoms with Crippen LogP contribution >= 0.6 is 11.8 Å². The van der Waals surface area contributed by atoms with Crippen molar-refractivity contribution >= 4 is 17.7 Å². The van der Waals surface area contributed by atoms with Crippen molar-refractivity contribution in [1.29, 1.82) is 0 Å². The fraction of sp³-hybridized carbons (Fsp3) is 0.214. The zero-order valence-electron chi connectivity index (χ0n) is 10.9. The molecule has 1 aromatic carbocycles. The van der Waals surface area contributed by atoms with Crippen molar-refractivity contribution in [2.75, 3.05) is 19.8 Å². The summed E-state index contributed by atoms with van der Waals surface area (Å²) in [6, 6.07) is 13.7. The second-order valence-electron chi connectivity index (χ2n) is 4.20. The number of nitrogens with zero attached hydrogens (tertiary/aromatic N) is 3. The number of benzene rings is 1. The lowest BCUT2D eigenvalue weighted by Gasteiger charge is -2.08. The number of carbonyl (C=O) groups excluding carboxylic acids is 1. The lowest BCUT2D eigenvalue weighted by Crippen LogP contribution is -2.23. The van der Waals surface area contributed by atoms with Crippen molar-refractivity contribution in [3.05, 3.63) is 42.5 Å². The Hall–Kier alpha value is -1.88. The molecular formula is C14H15N3OS. The van der Waals surface area contributed by atoms with Crippen LogP contribution in [0.4, 0.5) is 0 Å². The molecule has 1 aromatic heterocycles. The number of carbonyl (C=O) groups is 1. The van der Waals surface area contributed by atoms with Crippen molar-refractivity contribution in [3.8, 4) is 11.3 Å². The van der Waals surface area contributed by atoms with Crippen LogP contribution < -0.4 is 0 Å². The quantitative estimate of drug-likeness (QED) is 0.802. The van der Waals surface area contributed by atoms with E-state index in [1.807, 2.05) is 42.5 Å². The molecule has 19 heavy (non-hydrogen) atoms. The first-order valence-electron chi connectivity index (χ1n) is 5.89. The Balaban J connectivity index is 2.01. The summed E-state index contributed by atoms with van der Waals surface area (Å²) in [5, 5.41) is 9.06. The molecule has 0 unspecified atom stereocenters. The Kier molecular flexibility index (Phi) is 4.52. The van der Waals surface area contributed by atoms with Crippen LogP contribution in [0.1, 0.15) is 0 Å². The second-order valence-corrected chi connectivity index (χ2v) is 5.20. The smallest absolute Gasteiger partial charge is 0.232 e. The Bertz CT molecular complexity index is 540. The second kappa shape index (κ2) is 6.33. The highest BCUT2D eigenvalue weighted by molar-refractivity contribution is 7.99. The average Bonchev–Trinajstić information content (AvgIpc) is 2.46. The van der Waals surface area contributed by atoms with E-state index in [1.165, 1.54) is 11.8 Å². The van der Waals surface area contributed by atoms with Crippen molar-refractivity contribution < 1.29 is 4.79 Å². The van der Waals surface area contributed by atoms with Gasteiger partial charge in [-0.05, 0) is 12.1 Å². The van der Waals surface area contributed by atoms with Crippen LogP contribution in [0.5, 0.6) is 0 Å². The standard InChI is InChI=1S/C14H15N3OS/c1-17(2)14(18)10-19-13-9-8-12(15-16-13)11-6-4-3-5-7-11/h3-9H,10H2,1-2H3. The van der Waals surface area contributed by atoms with Crippen molar-refractivity contribution in [1.82, 2.24) is 15.1 Å². The molecule has 0 aliphatic rings. The molecule has 0 atom stereocenters. The number of hydrogen-bond donors (Lipinski definition) is 0. The Labute approximate surface area is 116 Å². The molecule has 4 nitrogen and oxygen atoms in total. The predicted molar refractivity (Wildman–Crippen MR) is 76.9 cm³/mol. The highest BCUT2D eigenvalue weighted by Gasteiger charge is 2.06. The first-order valence-corrected chi connectivity index (χ1v) is 6.87. The molecule has 0 spiro atoms. The van der Waals surface area contributed by atoms with Gasteiger partial charge in [-0.3, -0.25) is 4.79 Å². The third kappa shape index (κ3) is 3.79. The van der Waals surface area contributed by atoms with Gasteiger partial charge >= 0.3 is 0 Å². The van der Waals surface area contributed by atoms with E-state index in [0.717, 1.165) is 16.3 Å². The van der Waals surface area contributed by atoms with Crippen molar-refractivity contribution in [2.45, 2.75) is 5.03 Å². The molecule has 0 saturated carbocycles. The number of thioether (sulfide) groups is 1. The molecular weight excluding hydrogens is 258 g/mol. The summed E-state index contributed by atoms with van der Waals surface area (Å²) in [7, 11) is 3.49. The Morgan fingerprint density at radius 1 is 1.11 bits per heavy atom. The molecule has 0 N–H and O–H groups in total. The molecule has 1 amide bonds. The molecule has 0 saturated heterocycles. The summed E-state index contributed by atoms with van der Waals surface area (Å²) in [6.45, 7) is 0. The van der Waals surface area contributed by atoms with Gasteiger partial charge in [0.1, 0.15) is 5.03 Å².